The van der Waals surface area contributed by atoms with Crippen molar-refractivity contribution in [2.24, 2.45) is 34.7 Å². The molecule has 0 saturated heterocycles. The van der Waals surface area contributed by atoms with Gasteiger partial charge in [-0.3, -0.25) is 4.18 Å². The Bertz CT molecular complexity index is 429. The monoisotopic (exact) mass is 273 g/mol. The van der Waals surface area contributed by atoms with Gasteiger partial charge in [-0.1, -0.05) is 13.8 Å². The molecule has 4 bridgehead atoms. The highest BCUT2D eigenvalue weighted by Crippen LogP contribution is 2.61. The van der Waals surface area contributed by atoms with Crippen molar-refractivity contribution in [3.63, 3.8) is 0 Å². The summed E-state index contributed by atoms with van der Waals surface area (Å²) >= 11 is 0. The first-order valence-electron chi connectivity index (χ1n) is 7.01. The van der Waals surface area contributed by atoms with E-state index in [0.29, 0.717) is 23.7 Å². The van der Waals surface area contributed by atoms with E-state index in [1.807, 2.05) is 0 Å². The van der Waals surface area contributed by atoms with Gasteiger partial charge in [-0.25, -0.2) is 5.14 Å². The Balaban J connectivity index is 1.87. The molecule has 104 valence electrons. The van der Waals surface area contributed by atoms with Crippen LogP contribution in [-0.4, -0.2) is 14.0 Å². The first-order chi connectivity index (χ1) is 8.28. The second-order valence-corrected chi connectivity index (χ2v) is 8.20. The van der Waals surface area contributed by atoms with E-state index in [0.717, 1.165) is 25.2 Å². The molecule has 4 fully saturated rings. The highest BCUT2D eigenvalue weighted by molar-refractivity contribution is 7.84. The fraction of sp³-hybridized carbons (Fsp3) is 1.00. The molecule has 0 aromatic carbocycles. The molecule has 18 heavy (non-hydrogen) atoms. The van der Waals surface area contributed by atoms with Gasteiger partial charge in [0.25, 0.3) is 0 Å². The Morgan fingerprint density at radius 3 is 2.17 bits per heavy atom. The SMILES string of the molecule is CC(C)[C@H]1C2CC3CC1C[C@](OS(N)(=O)=O)(C3)C2. The molecular formula is C13H23NO3S. The van der Waals surface area contributed by atoms with Gasteiger partial charge >= 0.3 is 10.3 Å². The lowest BCUT2D eigenvalue weighted by molar-refractivity contribution is -0.144. The predicted octanol–water partition coefficient (Wildman–Crippen LogP) is 2.06. The van der Waals surface area contributed by atoms with Gasteiger partial charge in [-0.2, -0.15) is 8.42 Å². The van der Waals surface area contributed by atoms with Crippen molar-refractivity contribution in [3.8, 4) is 0 Å². The van der Waals surface area contributed by atoms with Crippen LogP contribution in [0.1, 0.15) is 46.0 Å². The fourth-order valence-corrected chi connectivity index (χ4v) is 6.12. The minimum atomic E-state index is -3.82. The minimum absolute atomic E-state index is 0.463. The Kier molecular flexibility index (Phi) is 2.81. The lowest BCUT2D eigenvalue weighted by Gasteiger charge is -2.60. The number of hydrogen-bond donors (Lipinski definition) is 1. The van der Waals surface area contributed by atoms with E-state index in [2.05, 4.69) is 13.8 Å². The molecule has 0 aromatic heterocycles. The minimum Gasteiger partial charge on any atom is -0.252 e. The summed E-state index contributed by atoms with van der Waals surface area (Å²) in [5.41, 5.74) is -0.463. The van der Waals surface area contributed by atoms with Crippen LogP contribution >= 0.6 is 0 Å². The predicted molar refractivity (Wildman–Crippen MR) is 68.8 cm³/mol. The van der Waals surface area contributed by atoms with Crippen molar-refractivity contribution >= 4 is 10.3 Å². The van der Waals surface area contributed by atoms with Gasteiger partial charge in [0, 0.05) is 0 Å². The lowest BCUT2D eigenvalue weighted by Crippen LogP contribution is -2.57. The third-order valence-corrected chi connectivity index (χ3v) is 5.94. The quantitative estimate of drug-likeness (QED) is 0.855. The molecule has 0 spiro atoms. The molecule has 0 radical (unpaired) electrons. The summed E-state index contributed by atoms with van der Waals surface area (Å²) in [5, 5.41) is 5.10. The molecule has 2 unspecified atom stereocenters. The third-order valence-electron chi connectivity index (χ3n) is 5.35. The fourth-order valence-electron chi connectivity index (χ4n) is 5.43. The van der Waals surface area contributed by atoms with Crippen LogP contribution in [0.15, 0.2) is 0 Å². The van der Waals surface area contributed by atoms with Crippen LogP contribution in [0.2, 0.25) is 0 Å². The Morgan fingerprint density at radius 2 is 1.72 bits per heavy atom. The van der Waals surface area contributed by atoms with Gasteiger partial charge in [0.15, 0.2) is 0 Å². The summed E-state index contributed by atoms with van der Waals surface area (Å²) in [6.45, 7) is 4.58. The van der Waals surface area contributed by atoms with Crippen LogP contribution < -0.4 is 5.14 Å². The Labute approximate surface area is 110 Å². The van der Waals surface area contributed by atoms with E-state index in [1.165, 1.54) is 12.8 Å². The summed E-state index contributed by atoms with van der Waals surface area (Å²) in [7, 11) is -3.82. The smallest absolute Gasteiger partial charge is 0.252 e. The first kappa shape index (κ1) is 12.9. The maximum Gasteiger partial charge on any atom is 0.333 e. The molecule has 0 aromatic rings. The Morgan fingerprint density at radius 1 is 1.17 bits per heavy atom. The summed E-state index contributed by atoms with van der Waals surface area (Å²) in [5.74, 6) is 3.36. The van der Waals surface area contributed by atoms with E-state index in [1.54, 1.807) is 0 Å². The number of nitrogens with two attached hydrogens (primary N) is 1. The second kappa shape index (κ2) is 3.93. The van der Waals surface area contributed by atoms with Gasteiger partial charge in [-0.15, -0.1) is 0 Å². The molecule has 4 rings (SSSR count). The van der Waals surface area contributed by atoms with Crippen LogP contribution in [-0.2, 0) is 14.5 Å². The van der Waals surface area contributed by atoms with E-state index in [-0.39, 0.29) is 0 Å². The van der Waals surface area contributed by atoms with Crippen LogP contribution in [0.4, 0.5) is 0 Å². The van der Waals surface area contributed by atoms with Crippen molar-refractivity contribution in [1.82, 2.24) is 0 Å². The maximum atomic E-state index is 11.3. The molecule has 4 saturated carbocycles. The van der Waals surface area contributed by atoms with E-state index in [4.69, 9.17) is 9.32 Å². The maximum absolute atomic E-state index is 11.3. The van der Waals surface area contributed by atoms with Crippen LogP contribution in [0.25, 0.3) is 0 Å². The lowest BCUT2D eigenvalue weighted by atomic mass is 9.48. The van der Waals surface area contributed by atoms with Crippen LogP contribution in [0, 0.1) is 29.6 Å². The largest absolute Gasteiger partial charge is 0.333 e. The molecule has 0 heterocycles. The number of hydrogen-bond acceptors (Lipinski definition) is 3. The van der Waals surface area contributed by atoms with Crippen molar-refractivity contribution < 1.29 is 12.6 Å². The molecule has 0 aliphatic heterocycles. The molecule has 5 heteroatoms. The van der Waals surface area contributed by atoms with E-state index < -0.39 is 15.9 Å². The summed E-state index contributed by atoms with van der Waals surface area (Å²) in [6, 6.07) is 0. The summed E-state index contributed by atoms with van der Waals surface area (Å²) in [6.07, 6.45) is 5.18. The highest BCUT2D eigenvalue weighted by Gasteiger charge is 2.57. The zero-order chi connectivity index (χ0) is 13.1. The van der Waals surface area contributed by atoms with Gasteiger partial charge < -0.3 is 0 Å². The zero-order valence-electron chi connectivity index (χ0n) is 11.1. The Hall–Kier alpha value is -0.130. The van der Waals surface area contributed by atoms with Gasteiger partial charge in [-0.05, 0) is 61.7 Å². The molecule has 4 aliphatic rings. The van der Waals surface area contributed by atoms with E-state index in [9.17, 15) is 8.42 Å². The summed E-state index contributed by atoms with van der Waals surface area (Å²) < 4.78 is 27.9. The van der Waals surface area contributed by atoms with Crippen molar-refractivity contribution in [2.45, 2.75) is 51.6 Å². The number of rotatable bonds is 3. The molecule has 4 nitrogen and oxygen atoms in total. The second-order valence-electron chi connectivity index (χ2n) is 7.05. The van der Waals surface area contributed by atoms with Crippen LogP contribution in [0.3, 0.4) is 0 Å². The van der Waals surface area contributed by atoms with Gasteiger partial charge in [0.1, 0.15) is 0 Å². The zero-order valence-corrected chi connectivity index (χ0v) is 11.9. The highest BCUT2D eigenvalue weighted by atomic mass is 32.2. The van der Waals surface area contributed by atoms with Crippen molar-refractivity contribution in [3.05, 3.63) is 0 Å². The third kappa shape index (κ3) is 2.10. The van der Waals surface area contributed by atoms with Gasteiger partial charge in [0.2, 0.25) is 0 Å². The van der Waals surface area contributed by atoms with Gasteiger partial charge in [0.05, 0.1) is 5.60 Å². The topological polar surface area (TPSA) is 69.4 Å². The molecule has 4 aliphatic carbocycles. The molecule has 0 amide bonds. The molecule has 2 atom stereocenters. The molecule has 2 N–H and O–H groups in total. The standard InChI is InChI=1S/C13H23NO3S/c1-8(2)12-10-3-9-4-11(12)7-13(5-9,6-10)17-18(14,15)16/h8-12H,3-7H2,1-2H3,(H2,14,15,16)/t9?,10?,11?,12-,13-. The first-order valence-corrected chi connectivity index (χ1v) is 8.48. The van der Waals surface area contributed by atoms with E-state index >= 15 is 0 Å². The average Bonchev–Trinajstić information content (AvgIpc) is 2.09. The normalized spacial score (nSPS) is 46.9. The van der Waals surface area contributed by atoms with Crippen molar-refractivity contribution in [1.29, 1.82) is 0 Å². The average molecular weight is 273 g/mol. The van der Waals surface area contributed by atoms with Crippen molar-refractivity contribution in [2.75, 3.05) is 0 Å². The van der Waals surface area contributed by atoms with Crippen LogP contribution in [0.5, 0.6) is 0 Å². The summed E-state index contributed by atoms with van der Waals surface area (Å²) in [4.78, 5) is 0. The molecular weight excluding hydrogens is 250 g/mol.